The summed E-state index contributed by atoms with van der Waals surface area (Å²) in [6.45, 7) is 18.9. The molecule has 8 heteroatoms. The second-order valence-corrected chi connectivity index (χ2v) is 17.4. The van der Waals surface area contributed by atoms with Gasteiger partial charge in [0.05, 0.1) is 19.1 Å². The smallest absolute Gasteiger partial charge is 0.310 e. The van der Waals surface area contributed by atoms with E-state index in [4.69, 9.17) is 18.9 Å². The van der Waals surface area contributed by atoms with Gasteiger partial charge in [-0.1, -0.05) is 84.4 Å². The van der Waals surface area contributed by atoms with E-state index in [0.29, 0.717) is 25.6 Å². The van der Waals surface area contributed by atoms with Gasteiger partial charge in [0.1, 0.15) is 18.8 Å². The van der Waals surface area contributed by atoms with Crippen molar-refractivity contribution in [3.63, 3.8) is 0 Å². The summed E-state index contributed by atoms with van der Waals surface area (Å²) in [5, 5.41) is 0. The summed E-state index contributed by atoms with van der Waals surface area (Å²) in [6, 6.07) is 9.72. The van der Waals surface area contributed by atoms with Crippen LogP contribution in [0.25, 0.3) is 0 Å². The number of carbonyl (C=O) groups excluding carboxylic acids is 4. The van der Waals surface area contributed by atoms with Crippen LogP contribution in [0.15, 0.2) is 42.0 Å². The minimum absolute atomic E-state index is 0.0176. The van der Waals surface area contributed by atoms with Gasteiger partial charge in [0.2, 0.25) is 0 Å². The summed E-state index contributed by atoms with van der Waals surface area (Å²) < 4.78 is 24.5. The van der Waals surface area contributed by atoms with Crippen LogP contribution >= 0.6 is 0 Å². The maximum absolute atomic E-state index is 15.2. The van der Waals surface area contributed by atoms with E-state index in [1.165, 1.54) is 13.8 Å². The predicted molar refractivity (Wildman–Crippen MR) is 184 cm³/mol. The number of fused-ring (bicyclic) bond motifs is 3. The Morgan fingerprint density at radius 1 is 0.918 bits per heavy atom. The first-order valence-corrected chi connectivity index (χ1v) is 18.3. The van der Waals surface area contributed by atoms with E-state index in [1.54, 1.807) is 0 Å². The molecule has 11 atom stereocenters. The molecule has 1 heterocycles. The maximum Gasteiger partial charge on any atom is 0.310 e. The molecule has 0 aromatic heterocycles. The lowest BCUT2D eigenvalue weighted by Gasteiger charge is -2.70. The number of ketones is 1. The number of hydrogen-bond acceptors (Lipinski definition) is 8. The molecule has 6 rings (SSSR count). The second kappa shape index (κ2) is 12.3. The highest BCUT2D eigenvalue weighted by molar-refractivity contribution is 6.01. The molecular weight excluding hydrogens is 620 g/mol. The Balaban J connectivity index is 1.46. The fraction of sp³-hybridized carbons (Fsp3) is 0.707. The van der Waals surface area contributed by atoms with Crippen LogP contribution in [0.4, 0.5) is 0 Å². The molecule has 3 saturated carbocycles. The zero-order valence-electron chi connectivity index (χ0n) is 30.9. The van der Waals surface area contributed by atoms with Gasteiger partial charge in [0.15, 0.2) is 5.78 Å². The van der Waals surface area contributed by atoms with Crippen LogP contribution in [0.5, 0.6) is 0 Å². The average molecular weight is 677 g/mol. The Morgan fingerprint density at radius 3 is 2.22 bits per heavy atom. The van der Waals surface area contributed by atoms with Crippen LogP contribution in [0.1, 0.15) is 100.0 Å². The molecule has 5 aliphatic rings. The predicted octanol–water partition coefficient (Wildman–Crippen LogP) is 7.28. The molecule has 0 radical (unpaired) electrons. The molecule has 0 spiro atoms. The van der Waals surface area contributed by atoms with Gasteiger partial charge in [0.25, 0.3) is 0 Å². The molecular formula is C41H56O8. The summed E-state index contributed by atoms with van der Waals surface area (Å²) in [6.07, 6.45) is 4.28. The van der Waals surface area contributed by atoms with Gasteiger partial charge < -0.3 is 18.9 Å². The first-order chi connectivity index (χ1) is 23.0. The summed E-state index contributed by atoms with van der Waals surface area (Å²) >= 11 is 0. The Morgan fingerprint density at radius 2 is 1.59 bits per heavy atom. The molecule has 1 saturated heterocycles. The molecule has 1 aromatic rings. The molecule has 268 valence electrons. The van der Waals surface area contributed by atoms with Crippen molar-refractivity contribution in [2.24, 2.45) is 56.7 Å². The fourth-order valence-electron chi connectivity index (χ4n) is 11.9. The molecule has 4 fully saturated rings. The van der Waals surface area contributed by atoms with Crippen molar-refractivity contribution in [1.29, 1.82) is 0 Å². The molecule has 0 N–H and O–H groups in total. The van der Waals surface area contributed by atoms with Crippen LogP contribution in [-0.2, 0) is 44.7 Å². The van der Waals surface area contributed by atoms with Crippen molar-refractivity contribution in [3.05, 3.63) is 47.5 Å². The lowest BCUT2D eigenvalue weighted by molar-refractivity contribution is -0.261. The van der Waals surface area contributed by atoms with Gasteiger partial charge in [-0.05, 0) is 78.2 Å². The van der Waals surface area contributed by atoms with Crippen LogP contribution < -0.4 is 0 Å². The van der Waals surface area contributed by atoms with E-state index < -0.39 is 57.1 Å². The largest absolute Gasteiger partial charge is 0.461 e. The molecule has 8 nitrogen and oxygen atoms in total. The number of hydrogen-bond donors (Lipinski definition) is 0. The number of carbonyl (C=O) groups is 4. The summed E-state index contributed by atoms with van der Waals surface area (Å²) in [5.74, 6) is -1.25. The van der Waals surface area contributed by atoms with E-state index in [-0.39, 0.29) is 36.1 Å². The van der Waals surface area contributed by atoms with Gasteiger partial charge in [-0.2, -0.15) is 0 Å². The molecule has 1 aromatic carbocycles. The maximum atomic E-state index is 15.2. The molecule has 4 aliphatic carbocycles. The molecule has 0 unspecified atom stereocenters. The van der Waals surface area contributed by atoms with Crippen LogP contribution in [0.3, 0.4) is 0 Å². The Hall–Kier alpha value is -3.00. The SMILES string of the molecule is CC(=O)O[C@@H]1C[C@@]23COC[C@](C)([C@@H]2CC[C@H]2C3=CC(=O)[C@@]3(C)[C@H](C(=O)OCc4ccccc4)[C@@](C)([C@H](C)C(C)C)CC[C@]23C)[C@H]1OC(C)=O. The molecule has 0 amide bonds. The van der Waals surface area contributed by atoms with Gasteiger partial charge in [-0.15, -0.1) is 0 Å². The highest BCUT2D eigenvalue weighted by Crippen LogP contribution is 2.74. The summed E-state index contributed by atoms with van der Waals surface area (Å²) in [4.78, 5) is 54.6. The van der Waals surface area contributed by atoms with Gasteiger partial charge in [-0.25, -0.2) is 0 Å². The van der Waals surface area contributed by atoms with Crippen molar-refractivity contribution in [2.75, 3.05) is 13.2 Å². The monoisotopic (exact) mass is 676 g/mol. The molecule has 49 heavy (non-hydrogen) atoms. The fourth-order valence-corrected chi connectivity index (χ4v) is 11.9. The molecule has 1 aliphatic heterocycles. The van der Waals surface area contributed by atoms with Gasteiger partial charge in [0, 0.05) is 30.1 Å². The summed E-state index contributed by atoms with van der Waals surface area (Å²) in [5.41, 5.74) is -1.19. The van der Waals surface area contributed by atoms with Crippen molar-refractivity contribution in [3.8, 4) is 0 Å². The minimum Gasteiger partial charge on any atom is -0.461 e. The Bertz CT molecular complexity index is 1530. The average Bonchev–Trinajstić information content (AvgIpc) is 3.03. The third-order valence-electron chi connectivity index (χ3n) is 14.8. The van der Waals surface area contributed by atoms with Crippen LogP contribution in [0, 0.1) is 56.7 Å². The standard InChI is InChI=1S/C41H56O8/c1-24(2)25(3)37(6)17-18-39(8)29-15-16-32-38(7)22-46-23-41(32,20-31(48-26(4)42)35(38)49-27(5)43)30(29)19-33(44)40(39,9)34(37)36(45)47-21-28-13-11-10-12-14-28/h10-14,19,24-25,29,31-32,34-35H,15-18,20-23H2,1-9H3/t25-,29+,31-,32+,34-,35+,37-,38-,39-,40+,41+/m1/s1. The third-order valence-corrected chi connectivity index (χ3v) is 14.8. The van der Waals surface area contributed by atoms with Gasteiger partial charge >= 0.3 is 17.9 Å². The van der Waals surface area contributed by atoms with E-state index in [9.17, 15) is 14.4 Å². The van der Waals surface area contributed by atoms with E-state index >= 15 is 4.79 Å². The highest BCUT2D eigenvalue weighted by atomic mass is 16.6. The third kappa shape index (κ3) is 5.24. The topological polar surface area (TPSA) is 105 Å². The van der Waals surface area contributed by atoms with Crippen molar-refractivity contribution < 1.29 is 38.1 Å². The van der Waals surface area contributed by atoms with E-state index in [0.717, 1.165) is 36.8 Å². The number of ether oxygens (including phenoxy) is 4. The lowest BCUT2D eigenvalue weighted by Crippen LogP contribution is -2.71. The van der Waals surface area contributed by atoms with Crippen LogP contribution in [0.2, 0.25) is 0 Å². The molecule has 2 bridgehead atoms. The summed E-state index contributed by atoms with van der Waals surface area (Å²) in [7, 11) is 0. The number of esters is 3. The van der Waals surface area contributed by atoms with Crippen LogP contribution in [-0.4, -0.2) is 49.1 Å². The second-order valence-electron chi connectivity index (χ2n) is 17.4. The first kappa shape index (κ1) is 35.8. The Labute approximate surface area is 292 Å². The van der Waals surface area contributed by atoms with Crippen molar-refractivity contribution in [2.45, 2.75) is 113 Å². The zero-order chi connectivity index (χ0) is 35.7. The normalized spacial score (nSPS) is 41.7. The first-order valence-electron chi connectivity index (χ1n) is 18.3. The Kier molecular flexibility index (Phi) is 9.02. The number of allylic oxidation sites excluding steroid dienone is 1. The number of rotatable bonds is 7. The van der Waals surface area contributed by atoms with E-state index in [2.05, 4.69) is 41.5 Å². The lowest BCUT2D eigenvalue weighted by atomic mass is 9.34. The number of benzene rings is 1. The quantitative estimate of drug-likeness (QED) is 0.219. The van der Waals surface area contributed by atoms with Crippen molar-refractivity contribution in [1.82, 2.24) is 0 Å². The highest BCUT2D eigenvalue weighted by Gasteiger charge is 2.74. The zero-order valence-corrected chi connectivity index (χ0v) is 30.9. The van der Waals surface area contributed by atoms with Crippen molar-refractivity contribution >= 4 is 23.7 Å². The van der Waals surface area contributed by atoms with Gasteiger partial charge in [-0.3, -0.25) is 19.2 Å². The van der Waals surface area contributed by atoms with E-state index in [1.807, 2.05) is 43.3 Å². The minimum atomic E-state index is -1.00.